The van der Waals surface area contributed by atoms with Gasteiger partial charge in [0.25, 0.3) is 0 Å². The molecule has 0 bridgehead atoms. The topological polar surface area (TPSA) is 38.7 Å². The van der Waals surface area contributed by atoms with Crippen LogP contribution >= 0.6 is 0 Å². The molecule has 0 saturated heterocycles. The van der Waals surface area contributed by atoms with Gasteiger partial charge in [-0.25, -0.2) is 9.79 Å². The molecule has 1 heterocycles. The van der Waals surface area contributed by atoms with Gasteiger partial charge in [0.2, 0.25) is 5.90 Å². The van der Waals surface area contributed by atoms with E-state index in [9.17, 15) is 4.79 Å². The number of ether oxygens (including phenoxy) is 1. The summed E-state index contributed by atoms with van der Waals surface area (Å²) < 4.78 is 5.03. The first kappa shape index (κ1) is 14.9. The molecule has 3 nitrogen and oxygen atoms in total. The summed E-state index contributed by atoms with van der Waals surface area (Å²) in [6, 6.07) is 0. The Balaban J connectivity index is 2.20. The van der Waals surface area contributed by atoms with Gasteiger partial charge in [0.1, 0.15) is 0 Å². The Kier molecular flexibility index (Phi) is 6.10. The van der Waals surface area contributed by atoms with Crippen LogP contribution in [0.3, 0.4) is 0 Å². The zero-order valence-electron chi connectivity index (χ0n) is 11.7. The molecule has 1 aliphatic heterocycles. The Hall–Kier alpha value is -1.12. The second-order valence-electron chi connectivity index (χ2n) is 5.19. The third kappa shape index (κ3) is 4.28. The molecule has 0 amide bonds. The van der Waals surface area contributed by atoms with Gasteiger partial charge in [0, 0.05) is 0 Å². The van der Waals surface area contributed by atoms with Gasteiger partial charge in [-0.3, -0.25) is 0 Å². The van der Waals surface area contributed by atoms with Crippen molar-refractivity contribution < 1.29 is 9.53 Å². The highest BCUT2D eigenvalue weighted by Gasteiger charge is 2.40. The number of carbonyl (C=O) groups excluding carboxylic acids is 1. The minimum absolute atomic E-state index is 0.233. The van der Waals surface area contributed by atoms with Gasteiger partial charge >= 0.3 is 5.97 Å². The molecule has 1 atom stereocenters. The van der Waals surface area contributed by atoms with Crippen molar-refractivity contribution in [2.75, 3.05) is 0 Å². The van der Waals surface area contributed by atoms with E-state index in [1.165, 1.54) is 44.6 Å². The largest absolute Gasteiger partial charge is 0.406 e. The van der Waals surface area contributed by atoms with E-state index in [2.05, 4.69) is 18.5 Å². The Morgan fingerprint density at radius 1 is 1.22 bits per heavy atom. The van der Waals surface area contributed by atoms with E-state index in [1.807, 2.05) is 6.92 Å². The molecule has 0 aromatic heterocycles. The first-order valence-electron chi connectivity index (χ1n) is 7.07. The third-order valence-corrected chi connectivity index (χ3v) is 3.44. The normalized spacial score (nSPS) is 22.8. The number of rotatable bonds is 9. The Labute approximate surface area is 110 Å². The molecular formula is C15H25NO2. The predicted molar refractivity (Wildman–Crippen MR) is 74.7 cm³/mol. The molecule has 1 rings (SSSR count). The van der Waals surface area contributed by atoms with Gasteiger partial charge in [-0.2, -0.15) is 0 Å². The van der Waals surface area contributed by atoms with Gasteiger partial charge in [-0.1, -0.05) is 58.4 Å². The number of esters is 1. The molecule has 0 saturated carbocycles. The summed E-state index contributed by atoms with van der Waals surface area (Å²) >= 11 is 0. The average Bonchev–Trinajstić information content (AvgIpc) is 2.64. The summed E-state index contributed by atoms with van der Waals surface area (Å²) in [5, 5.41) is 0. The van der Waals surface area contributed by atoms with Crippen molar-refractivity contribution in [2.45, 2.75) is 70.8 Å². The SMILES string of the molecule is C=CC1=N[C@@](C)(CCCCCCCCC)C(=O)O1. The highest BCUT2D eigenvalue weighted by Crippen LogP contribution is 2.26. The molecule has 0 aliphatic carbocycles. The fraction of sp³-hybridized carbons (Fsp3) is 0.733. The molecule has 0 aromatic carbocycles. The minimum Gasteiger partial charge on any atom is -0.406 e. The highest BCUT2D eigenvalue weighted by atomic mass is 16.6. The van der Waals surface area contributed by atoms with Crippen LogP contribution in [0.2, 0.25) is 0 Å². The van der Waals surface area contributed by atoms with Crippen LogP contribution in [-0.4, -0.2) is 17.4 Å². The van der Waals surface area contributed by atoms with Crippen molar-refractivity contribution in [2.24, 2.45) is 4.99 Å². The first-order valence-corrected chi connectivity index (χ1v) is 7.07. The molecule has 3 heteroatoms. The molecule has 18 heavy (non-hydrogen) atoms. The fourth-order valence-corrected chi connectivity index (χ4v) is 2.19. The van der Waals surface area contributed by atoms with Crippen LogP contribution in [-0.2, 0) is 9.53 Å². The van der Waals surface area contributed by atoms with Gasteiger partial charge < -0.3 is 4.74 Å². The molecule has 0 radical (unpaired) electrons. The Morgan fingerprint density at radius 3 is 2.39 bits per heavy atom. The lowest BCUT2D eigenvalue weighted by molar-refractivity contribution is -0.138. The molecule has 1 aliphatic rings. The van der Waals surface area contributed by atoms with Crippen LogP contribution < -0.4 is 0 Å². The fourth-order valence-electron chi connectivity index (χ4n) is 2.19. The van der Waals surface area contributed by atoms with Crippen LogP contribution in [0.5, 0.6) is 0 Å². The molecule has 0 aromatic rings. The Morgan fingerprint density at radius 2 is 1.83 bits per heavy atom. The number of nitrogens with zero attached hydrogens (tertiary/aromatic N) is 1. The van der Waals surface area contributed by atoms with E-state index in [0.717, 1.165) is 12.8 Å². The van der Waals surface area contributed by atoms with Crippen LogP contribution in [0, 0.1) is 0 Å². The summed E-state index contributed by atoms with van der Waals surface area (Å²) in [5.41, 5.74) is -0.674. The van der Waals surface area contributed by atoms with Gasteiger partial charge in [-0.05, 0) is 19.4 Å². The van der Waals surface area contributed by atoms with Crippen LogP contribution in [0.15, 0.2) is 17.6 Å². The van der Waals surface area contributed by atoms with Crippen LogP contribution in [0.1, 0.15) is 65.2 Å². The standard InChI is InChI=1S/C15H25NO2/c1-4-6-7-8-9-10-11-12-15(3)14(17)18-13(5-2)16-15/h5H,2,4,6-12H2,1,3H3/t15-/m0/s1. The van der Waals surface area contributed by atoms with Crippen molar-refractivity contribution >= 4 is 11.9 Å². The van der Waals surface area contributed by atoms with E-state index in [0.29, 0.717) is 5.90 Å². The third-order valence-electron chi connectivity index (χ3n) is 3.44. The molecule has 0 spiro atoms. The van der Waals surface area contributed by atoms with Gasteiger partial charge in [0.05, 0.1) is 0 Å². The van der Waals surface area contributed by atoms with Crippen molar-refractivity contribution in [3.8, 4) is 0 Å². The van der Waals surface area contributed by atoms with E-state index >= 15 is 0 Å². The lowest BCUT2D eigenvalue weighted by Gasteiger charge is -2.15. The number of cyclic esters (lactones) is 1. The second kappa shape index (κ2) is 7.34. The van der Waals surface area contributed by atoms with Gasteiger partial charge in [-0.15, -0.1) is 0 Å². The Bertz CT molecular complexity index is 322. The van der Waals surface area contributed by atoms with E-state index < -0.39 is 5.54 Å². The summed E-state index contributed by atoms with van der Waals surface area (Å²) in [7, 11) is 0. The lowest BCUT2D eigenvalue weighted by atomic mass is 9.95. The van der Waals surface area contributed by atoms with Crippen molar-refractivity contribution in [1.82, 2.24) is 0 Å². The summed E-state index contributed by atoms with van der Waals surface area (Å²) in [4.78, 5) is 16.0. The molecule has 0 unspecified atom stereocenters. The molecule has 0 N–H and O–H groups in total. The summed E-state index contributed by atoms with van der Waals surface area (Å²) in [6.07, 6.45) is 11.0. The zero-order valence-corrected chi connectivity index (χ0v) is 11.7. The van der Waals surface area contributed by atoms with E-state index in [4.69, 9.17) is 4.74 Å². The number of hydrogen-bond donors (Lipinski definition) is 0. The first-order chi connectivity index (χ1) is 8.62. The van der Waals surface area contributed by atoms with Crippen LogP contribution in [0.4, 0.5) is 0 Å². The van der Waals surface area contributed by atoms with Gasteiger partial charge in [0.15, 0.2) is 5.54 Å². The molecule has 0 fully saturated rings. The quantitative estimate of drug-likeness (QED) is 0.458. The van der Waals surface area contributed by atoms with Crippen LogP contribution in [0.25, 0.3) is 0 Å². The summed E-state index contributed by atoms with van der Waals surface area (Å²) in [6.45, 7) is 7.65. The maximum Gasteiger partial charge on any atom is 0.340 e. The highest BCUT2D eigenvalue weighted by molar-refractivity contribution is 6.04. The second-order valence-corrected chi connectivity index (χ2v) is 5.19. The molecular weight excluding hydrogens is 226 g/mol. The predicted octanol–water partition coefficient (Wildman–Crippen LogP) is 4.03. The number of unbranched alkanes of at least 4 members (excludes halogenated alkanes) is 6. The van der Waals surface area contributed by atoms with Crippen molar-refractivity contribution in [3.63, 3.8) is 0 Å². The van der Waals surface area contributed by atoms with Crippen molar-refractivity contribution in [1.29, 1.82) is 0 Å². The number of aliphatic imine (C=N–C) groups is 1. The number of hydrogen-bond acceptors (Lipinski definition) is 3. The minimum atomic E-state index is -0.674. The maximum atomic E-state index is 11.7. The monoisotopic (exact) mass is 251 g/mol. The van der Waals surface area contributed by atoms with Crippen molar-refractivity contribution in [3.05, 3.63) is 12.7 Å². The van der Waals surface area contributed by atoms with E-state index in [-0.39, 0.29) is 5.97 Å². The zero-order chi connectivity index (χ0) is 13.4. The number of carbonyl (C=O) groups is 1. The maximum absolute atomic E-state index is 11.7. The smallest absolute Gasteiger partial charge is 0.340 e. The summed E-state index contributed by atoms with van der Waals surface area (Å²) in [5.74, 6) is 0.133. The molecule has 102 valence electrons. The lowest BCUT2D eigenvalue weighted by Crippen LogP contribution is -2.29. The van der Waals surface area contributed by atoms with E-state index in [1.54, 1.807) is 0 Å². The average molecular weight is 251 g/mol.